The van der Waals surface area contributed by atoms with Crippen LogP contribution in [0.3, 0.4) is 0 Å². The first-order valence-electron chi connectivity index (χ1n) is 4.41. The average molecular weight is 223 g/mol. The van der Waals surface area contributed by atoms with Crippen LogP contribution in [-0.2, 0) is 0 Å². The number of phenols is 1. The van der Waals surface area contributed by atoms with Gasteiger partial charge in [0.1, 0.15) is 0 Å². The SMILES string of the molecule is Oc1cc(-c2ccc(Cl)cc2)ccc1F. The molecule has 1 N–H and O–H groups in total. The molecular weight excluding hydrogens is 215 g/mol. The van der Waals surface area contributed by atoms with Gasteiger partial charge in [-0.2, -0.15) is 0 Å². The van der Waals surface area contributed by atoms with Gasteiger partial charge in [0.25, 0.3) is 0 Å². The van der Waals surface area contributed by atoms with E-state index < -0.39 is 5.82 Å². The fraction of sp³-hybridized carbons (Fsp3) is 0. The fourth-order valence-electron chi connectivity index (χ4n) is 1.33. The summed E-state index contributed by atoms with van der Waals surface area (Å²) in [5.41, 5.74) is 1.64. The molecule has 2 aromatic rings. The Kier molecular flexibility index (Phi) is 2.60. The minimum absolute atomic E-state index is 0.345. The average Bonchev–Trinajstić information content (AvgIpc) is 2.23. The van der Waals surface area contributed by atoms with Gasteiger partial charge in [0.15, 0.2) is 11.6 Å². The molecule has 0 aliphatic carbocycles. The fourth-order valence-corrected chi connectivity index (χ4v) is 1.46. The van der Waals surface area contributed by atoms with Gasteiger partial charge in [-0.25, -0.2) is 4.39 Å². The molecule has 0 amide bonds. The van der Waals surface area contributed by atoms with E-state index in [0.29, 0.717) is 5.02 Å². The Morgan fingerprint density at radius 3 is 2.13 bits per heavy atom. The molecule has 0 spiro atoms. The van der Waals surface area contributed by atoms with E-state index in [-0.39, 0.29) is 5.75 Å². The van der Waals surface area contributed by atoms with Crippen LogP contribution in [0.25, 0.3) is 11.1 Å². The first-order valence-corrected chi connectivity index (χ1v) is 4.79. The maximum absolute atomic E-state index is 12.8. The van der Waals surface area contributed by atoms with Crippen molar-refractivity contribution in [1.29, 1.82) is 0 Å². The summed E-state index contributed by atoms with van der Waals surface area (Å²) in [6.07, 6.45) is 0. The Morgan fingerprint density at radius 1 is 0.933 bits per heavy atom. The Hall–Kier alpha value is -1.54. The Balaban J connectivity index is 2.45. The van der Waals surface area contributed by atoms with Gasteiger partial charge in [-0.3, -0.25) is 0 Å². The molecule has 1 nitrogen and oxygen atoms in total. The molecule has 0 aromatic heterocycles. The third-order valence-corrected chi connectivity index (χ3v) is 2.38. The van der Waals surface area contributed by atoms with Crippen molar-refractivity contribution in [3.63, 3.8) is 0 Å². The number of aromatic hydroxyl groups is 1. The summed E-state index contributed by atoms with van der Waals surface area (Å²) in [5, 5.41) is 9.86. The molecule has 0 fully saturated rings. The maximum Gasteiger partial charge on any atom is 0.164 e. The second kappa shape index (κ2) is 3.91. The molecule has 2 rings (SSSR count). The van der Waals surface area contributed by atoms with Crippen LogP contribution in [0.2, 0.25) is 5.02 Å². The molecule has 15 heavy (non-hydrogen) atoms. The summed E-state index contributed by atoms with van der Waals surface area (Å²) in [7, 11) is 0. The Morgan fingerprint density at radius 2 is 1.53 bits per heavy atom. The summed E-state index contributed by atoms with van der Waals surface area (Å²) in [6.45, 7) is 0. The molecule has 0 saturated carbocycles. The topological polar surface area (TPSA) is 20.2 Å². The third-order valence-electron chi connectivity index (χ3n) is 2.12. The van der Waals surface area contributed by atoms with E-state index >= 15 is 0 Å². The van der Waals surface area contributed by atoms with E-state index in [1.54, 1.807) is 18.2 Å². The minimum Gasteiger partial charge on any atom is -0.505 e. The van der Waals surface area contributed by atoms with Crippen molar-refractivity contribution in [3.8, 4) is 16.9 Å². The largest absolute Gasteiger partial charge is 0.505 e. The lowest BCUT2D eigenvalue weighted by molar-refractivity contribution is 0.433. The van der Waals surface area contributed by atoms with Gasteiger partial charge in [-0.05, 0) is 35.4 Å². The highest BCUT2D eigenvalue weighted by atomic mass is 35.5. The van der Waals surface area contributed by atoms with Crippen LogP contribution in [-0.4, -0.2) is 5.11 Å². The smallest absolute Gasteiger partial charge is 0.164 e. The van der Waals surface area contributed by atoms with Crippen LogP contribution in [0.4, 0.5) is 4.39 Å². The van der Waals surface area contributed by atoms with Crippen LogP contribution >= 0.6 is 11.6 Å². The molecule has 2 aromatic carbocycles. The Bertz CT molecular complexity index is 479. The lowest BCUT2D eigenvalue weighted by Crippen LogP contribution is -1.80. The zero-order valence-corrected chi connectivity index (χ0v) is 8.50. The maximum atomic E-state index is 12.8. The first kappa shape index (κ1) is 9.99. The summed E-state index contributed by atoms with van der Waals surface area (Å²) < 4.78 is 12.8. The number of benzene rings is 2. The van der Waals surface area contributed by atoms with Crippen molar-refractivity contribution in [2.45, 2.75) is 0 Å². The molecule has 3 heteroatoms. The lowest BCUT2D eigenvalue weighted by Gasteiger charge is -2.03. The van der Waals surface area contributed by atoms with Crippen LogP contribution in [0.5, 0.6) is 5.75 Å². The van der Waals surface area contributed by atoms with Gasteiger partial charge >= 0.3 is 0 Å². The van der Waals surface area contributed by atoms with Gasteiger partial charge in [-0.15, -0.1) is 0 Å². The van der Waals surface area contributed by atoms with Crippen LogP contribution in [0.1, 0.15) is 0 Å². The predicted molar refractivity (Wildman–Crippen MR) is 58.5 cm³/mol. The summed E-state index contributed by atoms with van der Waals surface area (Å²) >= 11 is 5.75. The zero-order valence-electron chi connectivity index (χ0n) is 7.74. The molecule has 0 heterocycles. The van der Waals surface area contributed by atoms with E-state index in [4.69, 9.17) is 11.6 Å². The van der Waals surface area contributed by atoms with Crippen LogP contribution in [0, 0.1) is 5.82 Å². The Labute approximate surface area is 91.8 Å². The standard InChI is InChI=1S/C12H8ClFO/c13-10-4-1-8(2-5-10)9-3-6-11(14)12(15)7-9/h1-7,15H. The second-order valence-corrected chi connectivity index (χ2v) is 3.61. The molecule has 0 radical (unpaired) electrons. The number of rotatable bonds is 1. The van der Waals surface area contributed by atoms with Crippen molar-refractivity contribution in [2.75, 3.05) is 0 Å². The molecule has 0 bridgehead atoms. The summed E-state index contributed by atoms with van der Waals surface area (Å²) in [4.78, 5) is 0. The summed E-state index contributed by atoms with van der Waals surface area (Å²) in [6, 6.07) is 11.4. The van der Waals surface area contributed by atoms with E-state index in [0.717, 1.165) is 11.1 Å². The molecule has 76 valence electrons. The highest BCUT2D eigenvalue weighted by Crippen LogP contribution is 2.26. The monoisotopic (exact) mass is 222 g/mol. The molecular formula is C12H8ClFO. The molecule has 0 aliphatic rings. The van der Waals surface area contributed by atoms with Crippen molar-refractivity contribution in [2.24, 2.45) is 0 Å². The van der Waals surface area contributed by atoms with Gasteiger partial charge in [0.2, 0.25) is 0 Å². The van der Waals surface area contributed by atoms with Crippen molar-refractivity contribution in [1.82, 2.24) is 0 Å². The quantitative estimate of drug-likeness (QED) is 0.777. The lowest BCUT2D eigenvalue weighted by atomic mass is 10.1. The molecule has 0 saturated heterocycles. The zero-order chi connectivity index (χ0) is 10.8. The van der Waals surface area contributed by atoms with Gasteiger partial charge in [0, 0.05) is 5.02 Å². The van der Waals surface area contributed by atoms with E-state index in [1.165, 1.54) is 12.1 Å². The predicted octanol–water partition coefficient (Wildman–Crippen LogP) is 3.85. The number of phenolic OH excluding ortho intramolecular Hbond substituents is 1. The first-order chi connectivity index (χ1) is 7.16. The van der Waals surface area contributed by atoms with Gasteiger partial charge in [0.05, 0.1) is 0 Å². The van der Waals surface area contributed by atoms with Gasteiger partial charge < -0.3 is 5.11 Å². The summed E-state index contributed by atoms with van der Waals surface area (Å²) in [5.74, 6) is -0.963. The van der Waals surface area contributed by atoms with Crippen LogP contribution in [0.15, 0.2) is 42.5 Å². The van der Waals surface area contributed by atoms with Crippen molar-refractivity contribution >= 4 is 11.6 Å². The van der Waals surface area contributed by atoms with E-state index in [1.807, 2.05) is 12.1 Å². The van der Waals surface area contributed by atoms with Crippen molar-refractivity contribution < 1.29 is 9.50 Å². The number of hydrogen-bond acceptors (Lipinski definition) is 1. The third kappa shape index (κ3) is 2.10. The number of halogens is 2. The van der Waals surface area contributed by atoms with Crippen LogP contribution < -0.4 is 0 Å². The van der Waals surface area contributed by atoms with Gasteiger partial charge in [-0.1, -0.05) is 29.8 Å². The minimum atomic E-state index is -0.618. The normalized spacial score (nSPS) is 10.3. The van der Waals surface area contributed by atoms with E-state index in [9.17, 15) is 9.50 Å². The second-order valence-electron chi connectivity index (χ2n) is 3.17. The van der Waals surface area contributed by atoms with E-state index in [2.05, 4.69) is 0 Å². The number of hydrogen-bond donors (Lipinski definition) is 1. The highest BCUT2D eigenvalue weighted by Gasteiger charge is 2.03. The highest BCUT2D eigenvalue weighted by molar-refractivity contribution is 6.30. The molecule has 0 aliphatic heterocycles. The molecule has 0 atom stereocenters. The molecule has 0 unspecified atom stereocenters. The van der Waals surface area contributed by atoms with Crippen molar-refractivity contribution in [3.05, 3.63) is 53.3 Å².